The van der Waals surface area contributed by atoms with Crippen LogP contribution in [0.5, 0.6) is 5.88 Å². The largest absolute Gasteiger partial charge is 0.411 e. The van der Waals surface area contributed by atoms with Crippen molar-refractivity contribution in [2.24, 2.45) is 0 Å². The summed E-state index contributed by atoms with van der Waals surface area (Å²) in [6.45, 7) is 14.2. The van der Waals surface area contributed by atoms with E-state index in [1.54, 1.807) is 25.1 Å². The number of benzene rings is 1. The van der Waals surface area contributed by atoms with E-state index in [2.05, 4.69) is 38.8 Å². The van der Waals surface area contributed by atoms with Gasteiger partial charge in [0.05, 0.1) is 41.0 Å². The summed E-state index contributed by atoms with van der Waals surface area (Å²) < 4.78 is 47.4. The van der Waals surface area contributed by atoms with Crippen molar-refractivity contribution in [3.63, 3.8) is 0 Å². The Balaban J connectivity index is 1.89. The molecule has 1 aliphatic rings. The van der Waals surface area contributed by atoms with Gasteiger partial charge in [-0.15, -0.1) is 0 Å². The Morgan fingerprint density at radius 1 is 1.28 bits per heavy atom. The van der Waals surface area contributed by atoms with Gasteiger partial charge in [0.25, 0.3) is 5.69 Å². The molecular weight excluding hydrogens is 546 g/mol. The van der Waals surface area contributed by atoms with E-state index in [-0.39, 0.29) is 35.1 Å². The molecule has 1 unspecified atom stereocenters. The first-order valence-electron chi connectivity index (χ1n) is 12.8. The van der Waals surface area contributed by atoms with Crippen molar-refractivity contribution in [1.82, 2.24) is 9.55 Å². The Morgan fingerprint density at radius 3 is 2.54 bits per heavy atom. The molecule has 0 N–H and O–H groups in total. The minimum atomic E-state index is -3.36. The van der Waals surface area contributed by atoms with Crippen LogP contribution in [0, 0.1) is 10.1 Å². The second kappa shape index (κ2) is 12.2. The average molecular weight is 584 g/mol. The number of aromatic nitrogens is 2. The Bertz CT molecular complexity index is 1310. The number of nitrogens with zero attached hydrogens (tertiary/aromatic N) is 3. The zero-order valence-corrected chi connectivity index (χ0v) is 25.2. The van der Waals surface area contributed by atoms with E-state index in [4.69, 9.17) is 18.1 Å². The van der Waals surface area contributed by atoms with Gasteiger partial charge in [-0.05, 0) is 37.5 Å². The fourth-order valence-electron chi connectivity index (χ4n) is 4.16. The molecule has 3 rings (SSSR count). The Hall–Kier alpha value is -2.65. The average Bonchev–Trinajstić information content (AvgIpc) is 3.23. The molecule has 2 aromatic rings. The molecule has 0 spiro atoms. The SMILES string of the molecule is CC[C@H]1O[C@@H](n2cc(COC(C)c3ccccc3[N+](=O)[O-])c(O[SH](=O)=O)nc2=O)C[C@H]1O[Si](C)(C)C(C)(C)C. The van der Waals surface area contributed by atoms with Gasteiger partial charge in [-0.1, -0.05) is 39.8 Å². The number of para-hydroxylation sites is 1. The van der Waals surface area contributed by atoms with E-state index >= 15 is 0 Å². The van der Waals surface area contributed by atoms with Crippen molar-refractivity contribution in [1.29, 1.82) is 0 Å². The van der Waals surface area contributed by atoms with Crippen molar-refractivity contribution in [3.05, 3.63) is 62.2 Å². The maximum absolute atomic E-state index is 12.9. The summed E-state index contributed by atoms with van der Waals surface area (Å²) in [6, 6.07) is 6.16. The lowest BCUT2D eigenvalue weighted by molar-refractivity contribution is -0.386. The molecule has 1 aromatic heterocycles. The van der Waals surface area contributed by atoms with Crippen molar-refractivity contribution >= 4 is 25.0 Å². The topological polar surface area (TPSA) is 149 Å². The predicted molar refractivity (Wildman–Crippen MR) is 147 cm³/mol. The lowest BCUT2D eigenvalue weighted by atomic mass is 10.1. The lowest BCUT2D eigenvalue weighted by Crippen LogP contribution is -2.45. The normalized spacial score (nSPS) is 20.8. The number of nitro benzene ring substituents is 1. The Labute approximate surface area is 230 Å². The summed E-state index contributed by atoms with van der Waals surface area (Å²) in [5.74, 6) is -0.416. The van der Waals surface area contributed by atoms with Gasteiger partial charge in [-0.2, -0.15) is 13.4 Å². The van der Waals surface area contributed by atoms with Gasteiger partial charge >= 0.3 is 16.7 Å². The van der Waals surface area contributed by atoms with E-state index in [9.17, 15) is 23.3 Å². The highest BCUT2D eigenvalue weighted by Crippen LogP contribution is 2.41. The van der Waals surface area contributed by atoms with Gasteiger partial charge in [-0.3, -0.25) is 14.7 Å². The van der Waals surface area contributed by atoms with Gasteiger partial charge in [-0.25, -0.2) is 4.79 Å². The summed E-state index contributed by atoms with van der Waals surface area (Å²) >= 11 is 0. The molecule has 14 heteroatoms. The number of hydrogen-bond donors (Lipinski definition) is 1. The van der Waals surface area contributed by atoms with Crippen molar-refractivity contribution in [3.8, 4) is 5.88 Å². The van der Waals surface area contributed by atoms with Crippen LogP contribution >= 0.6 is 0 Å². The third-order valence-electron chi connectivity index (χ3n) is 7.35. The third-order valence-corrected chi connectivity index (χ3v) is 12.2. The van der Waals surface area contributed by atoms with Crippen LogP contribution in [0.15, 0.2) is 35.3 Å². The van der Waals surface area contributed by atoms with Crippen molar-refractivity contribution in [2.45, 2.75) is 96.7 Å². The van der Waals surface area contributed by atoms with E-state index in [0.717, 1.165) is 0 Å². The number of thiol groups is 1. The summed E-state index contributed by atoms with van der Waals surface area (Å²) in [7, 11) is -5.47. The highest BCUT2D eigenvalue weighted by atomic mass is 32.2. The minimum absolute atomic E-state index is 0.00913. The molecule has 4 atom stereocenters. The first-order chi connectivity index (χ1) is 18.1. The molecule has 0 amide bonds. The molecule has 39 heavy (non-hydrogen) atoms. The standard InChI is InChI=1S/C25H37N3O9SSi/c1-8-20-21(37-39(6,7)25(3,4)5)13-22(35-20)27-14-17(23(26-24(27)29)36-38(32)33)15-34-16(2)18-11-9-10-12-19(18)28(30)31/h9-12,14,16,20-22,38H,8,13,15H2,1-7H3/t16?,20-,21-,22-/m1/s1. The summed E-state index contributed by atoms with van der Waals surface area (Å²) in [5.41, 5.74) is -0.337. The quantitative estimate of drug-likeness (QED) is 0.174. The van der Waals surface area contributed by atoms with Crippen LogP contribution in [0.1, 0.15) is 70.9 Å². The summed E-state index contributed by atoms with van der Waals surface area (Å²) in [6.07, 6.45) is 0.623. The van der Waals surface area contributed by atoms with E-state index in [0.29, 0.717) is 18.4 Å². The molecule has 1 aromatic carbocycles. The van der Waals surface area contributed by atoms with E-state index in [1.165, 1.54) is 16.8 Å². The van der Waals surface area contributed by atoms with Crippen molar-refractivity contribution in [2.75, 3.05) is 0 Å². The fourth-order valence-corrected chi connectivity index (χ4v) is 5.82. The number of nitro groups is 1. The van der Waals surface area contributed by atoms with Crippen LogP contribution < -0.4 is 9.87 Å². The molecule has 0 radical (unpaired) electrons. The van der Waals surface area contributed by atoms with Crippen LogP contribution in [0.4, 0.5) is 5.69 Å². The molecule has 0 saturated carbocycles. The maximum Gasteiger partial charge on any atom is 0.353 e. The smallest absolute Gasteiger partial charge is 0.353 e. The van der Waals surface area contributed by atoms with Crippen LogP contribution in [0.2, 0.25) is 18.1 Å². The molecule has 0 aliphatic carbocycles. The molecule has 0 bridgehead atoms. The molecular formula is C25H37N3O9SSi. The monoisotopic (exact) mass is 583 g/mol. The van der Waals surface area contributed by atoms with Gasteiger partial charge in [0, 0.05) is 18.7 Å². The third kappa shape index (κ3) is 7.31. The first-order valence-corrected chi connectivity index (χ1v) is 16.8. The lowest BCUT2D eigenvalue weighted by Gasteiger charge is -2.39. The Morgan fingerprint density at radius 2 is 1.95 bits per heavy atom. The molecule has 1 fully saturated rings. The van der Waals surface area contributed by atoms with Crippen LogP contribution in [-0.4, -0.2) is 43.4 Å². The predicted octanol–water partition coefficient (Wildman–Crippen LogP) is 4.42. The van der Waals surface area contributed by atoms with Gasteiger partial charge in [0.1, 0.15) is 6.23 Å². The second-order valence-electron chi connectivity index (χ2n) is 11.0. The second-order valence-corrected chi connectivity index (χ2v) is 16.4. The van der Waals surface area contributed by atoms with Crippen molar-refractivity contribution < 1.29 is 31.4 Å². The van der Waals surface area contributed by atoms with Crippen LogP contribution in [-0.2, 0) is 31.5 Å². The zero-order valence-electron chi connectivity index (χ0n) is 23.3. The highest BCUT2D eigenvalue weighted by molar-refractivity contribution is 7.67. The van der Waals surface area contributed by atoms with Gasteiger partial charge in [0.2, 0.25) is 5.88 Å². The maximum atomic E-state index is 12.9. The van der Waals surface area contributed by atoms with E-state index < -0.39 is 48.1 Å². The highest BCUT2D eigenvalue weighted by Gasteiger charge is 2.44. The zero-order chi connectivity index (χ0) is 29.1. The minimum Gasteiger partial charge on any atom is -0.411 e. The molecule has 216 valence electrons. The number of rotatable bonds is 11. The molecule has 12 nitrogen and oxygen atoms in total. The van der Waals surface area contributed by atoms with Gasteiger partial charge in [0.15, 0.2) is 8.32 Å². The summed E-state index contributed by atoms with van der Waals surface area (Å²) in [4.78, 5) is 27.7. The molecule has 2 heterocycles. The van der Waals surface area contributed by atoms with Crippen LogP contribution in [0.3, 0.4) is 0 Å². The van der Waals surface area contributed by atoms with E-state index in [1.807, 2.05) is 6.92 Å². The number of hydrogen-bond acceptors (Lipinski definition) is 10. The fraction of sp³-hybridized carbons (Fsp3) is 0.600. The first kappa shape index (κ1) is 30.9. The van der Waals surface area contributed by atoms with Crippen LogP contribution in [0.25, 0.3) is 0 Å². The Kier molecular flexibility index (Phi) is 9.70. The molecule has 1 saturated heterocycles. The summed E-state index contributed by atoms with van der Waals surface area (Å²) in [5, 5.41) is 11.4. The van der Waals surface area contributed by atoms with Gasteiger partial charge < -0.3 is 18.1 Å². The molecule has 1 aliphatic heterocycles. The number of ether oxygens (including phenoxy) is 2.